The summed E-state index contributed by atoms with van der Waals surface area (Å²) in [7, 11) is 1.50. The molecular formula is C19H19FN2O3. The smallest absolute Gasteiger partial charge is 0.263 e. The molecule has 0 bridgehead atoms. The highest BCUT2D eigenvalue weighted by Gasteiger charge is 2.27. The van der Waals surface area contributed by atoms with E-state index in [4.69, 9.17) is 4.74 Å². The Bertz CT molecular complexity index is 776. The Kier molecular flexibility index (Phi) is 4.97. The number of rotatable bonds is 5. The average molecular weight is 342 g/mol. The topological polar surface area (TPSA) is 49.9 Å². The van der Waals surface area contributed by atoms with Crippen LogP contribution in [0.1, 0.15) is 23.2 Å². The predicted molar refractivity (Wildman–Crippen MR) is 92.0 cm³/mol. The molecule has 0 saturated carbocycles. The van der Waals surface area contributed by atoms with Crippen molar-refractivity contribution in [1.29, 1.82) is 0 Å². The number of carbonyl (C=O) groups excluding carboxylic acids is 2. The highest BCUT2D eigenvalue weighted by atomic mass is 19.1. The lowest BCUT2D eigenvalue weighted by Crippen LogP contribution is -2.42. The molecule has 0 atom stereocenters. The molecule has 0 aromatic heterocycles. The molecule has 1 aliphatic rings. The van der Waals surface area contributed by atoms with E-state index >= 15 is 0 Å². The van der Waals surface area contributed by atoms with Crippen molar-refractivity contribution in [1.82, 2.24) is 4.90 Å². The number of likely N-dealkylation sites (tertiary alicyclic amines) is 1. The Morgan fingerprint density at radius 1 is 1.20 bits per heavy atom. The Balaban J connectivity index is 1.96. The largest absolute Gasteiger partial charge is 0.496 e. The molecule has 1 fully saturated rings. The number of methoxy groups -OCH3 is 1. The summed E-state index contributed by atoms with van der Waals surface area (Å²) in [5, 5.41) is 0. The van der Waals surface area contributed by atoms with Gasteiger partial charge in [-0.15, -0.1) is 0 Å². The van der Waals surface area contributed by atoms with Crippen LogP contribution in [0.2, 0.25) is 0 Å². The van der Waals surface area contributed by atoms with Gasteiger partial charge in [-0.3, -0.25) is 14.5 Å². The van der Waals surface area contributed by atoms with Gasteiger partial charge in [0.1, 0.15) is 18.2 Å². The van der Waals surface area contributed by atoms with E-state index in [0.29, 0.717) is 30.0 Å². The zero-order chi connectivity index (χ0) is 17.8. The van der Waals surface area contributed by atoms with E-state index in [-0.39, 0.29) is 24.3 Å². The first kappa shape index (κ1) is 17.0. The Labute approximate surface area is 145 Å². The van der Waals surface area contributed by atoms with Crippen LogP contribution in [0.5, 0.6) is 5.75 Å². The molecule has 0 N–H and O–H groups in total. The molecule has 6 heteroatoms. The van der Waals surface area contributed by atoms with Crippen LogP contribution in [-0.4, -0.2) is 37.0 Å². The SMILES string of the molecule is COc1ccccc1C(=O)N(CN1CCCC1=O)c1ccc(F)cc1. The Morgan fingerprint density at radius 3 is 2.56 bits per heavy atom. The third kappa shape index (κ3) is 3.63. The molecule has 130 valence electrons. The van der Waals surface area contributed by atoms with Crippen LogP contribution < -0.4 is 9.64 Å². The van der Waals surface area contributed by atoms with E-state index in [9.17, 15) is 14.0 Å². The predicted octanol–water partition coefficient (Wildman–Crippen LogP) is 3.06. The molecule has 0 radical (unpaired) electrons. The second kappa shape index (κ2) is 7.34. The summed E-state index contributed by atoms with van der Waals surface area (Å²) in [6.45, 7) is 0.733. The van der Waals surface area contributed by atoms with Gasteiger partial charge in [0.2, 0.25) is 5.91 Å². The van der Waals surface area contributed by atoms with Gasteiger partial charge in [0.05, 0.1) is 12.7 Å². The van der Waals surface area contributed by atoms with Crippen LogP contribution in [0, 0.1) is 5.82 Å². The summed E-state index contributed by atoms with van der Waals surface area (Å²) < 4.78 is 18.5. The quantitative estimate of drug-likeness (QED) is 0.839. The molecule has 1 heterocycles. The maximum Gasteiger partial charge on any atom is 0.263 e. The lowest BCUT2D eigenvalue weighted by Gasteiger charge is -2.28. The third-order valence-corrected chi connectivity index (χ3v) is 4.20. The van der Waals surface area contributed by atoms with Crippen molar-refractivity contribution in [2.75, 3.05) is 25.2 Å². The third-order valence-electron chi connectivity index (χ3n) is 4.20. The van der Waals surface area contributed by atoms with E-state index in [1.807, 2.05) is 0 Å². The van der Waals surface area contributed by atoms with Gasteiger partial charge in [0, 0.05) is 18.7 Å². The molecule has 25 heavy (non-hydrogen) atoms. The number of para-hydroxylation sites is 1. The number of nitrogens with zero attached hydrogens (tertiary/aromatic N) is 2. The number of ether oxygens (including phenoxy) is 1. The van der Waals surface area contributed by atoms with E-state index in [0.717, 1.165) is 6.42 Å². The highest BCUT2D eigenvalue weighted by Crippen LogP contribution is 2.25. The summed E-state index contributed by atoms with van der Waals surface area (Å²) in [5.74, 6) is -0.221. The first-order valence-corrected chi connectivity index (χ1v) is 8.08. The molecule has 3 rings (SSSR count). The summed E-state index contributed by atoms with van der Waals surface area (Å²) in [5.41, 5.74) is 0.915. The number of amides is 2. The molecule has 1 aliphatic heterocycles. The Hall–Kier alpha value is -2.89. The van der Waals surface area contributed by atoms with Gasteiger partial charge in [-0.2, -0.15) is 0 Å². The van der Waals surface area contributed by atoms with Gasteiger partial charge in [-0.05, 0) is 42.8 Å². The molecule has 2 aromatic carbocycles. The van der Waals surface area contributed by atoms with Crippen LogP contribution in [0.15, 0.2) is 48.5 Å². The van der Waals surface area contributed by atoms with Gasteiger partial charge in [-0.1, -0.05) is 12.1 Å². The van der Waals surface area contributed by atoms with Crippen molar-refractivity contribution in [2.24, 2.45) is 0 Å². The van der Waals surface area contributed by atoms with Gasteiger partial charge < -0.3 is 9.64 Å². The minimum Gasteiger partial charge on any atom is -0.496 e. The summed E-state index contributed by atoms with van der Waals surface area (Å²) >= 11 is 0. The zero-order valence-electron chi connectivity index (χ0n) is 13.9. The molecule has 0 aliphatic carbocycles. The summed E-state index contributed by atoms with van der Waals surface area (Å²) in [6.07, 6.45) is 1.26. The van der Waals surface area contributed by atoms with Crippen LogP contribution in [-0.2, 0) is 4.79 Å². The Morgan fingerprint density at radius 2 is 1.92 bits per heavy atom. The van der Waals surface area contributed by atoms with Crippen LogP contribution in [0.4, 0.5) is 10.1 Å². The van der Waals surface area contributed by atoms with E-state index in [1.54, 1.807) is 29.2 Å². The molecule has 2 aromatic rings. The first-order valence-electron chi connectivity index (χ1n) is 8.08. The number of halogens is 1. The molecule has 0 unspecified atom stereocenters. The van der Waals surface area contributed by atoms with E-state index < -0.39 is 0 Å². The van der Waals surface area contributed by atoms with Crippen LogP contribution in [0.3, 0.4) is 0 Å². The minimum atomic E-state index is -0.384. The van der Waals surface area contributed by atoms with Crippen LogP contribution in [0.25, 0.3) is 0 Å². The van der Waals surface area contributed by atoms with E-state index in [1.165, 1.54) is 36.3 Å². The van der Waals surface area contributed by atoms with Crippen LogP contribution >= 0.6 is 0 Å². The lowest BCUT2D eigenvalue weighted by molar-refractivity contribution is -0.127. The number of benzene rings is 2. The van der Waals surface area contributed by atoms with Crippen molar-refractivity contribution in [3.8, 4) is 5.75 Å². The monoisotopic (exact) mass is 342 g/mol. The van der Waals surface area contributed by atoms with Crippen molar-refractivity contribution >= 4 is 17.5 Å². The number of anilines is 1. The van der Waals surface area contributed by atoms with Gasteiger partial charge in [0.25, 0.3) is 5.91 Å². The lowest BCUT2D eigenvalue weighted by atomic mass is 10.1. The van der Waals surface area contributed by atoms with Gasteiger partial charge in [-0.25, -0.2) is 4.39 Å². The summed E-state index contributed by atoms with van der Waals surface area (Å²) in [6, 6.07) is 12.6. The normalized spacial score (nSPS) is 13.8. The molecule has 5 nitrogen and oxygen atoms in total. The molecule has 0 spiro atoms. The molecule has 1 saturated heterocycles. The molecular weight excluding hydrogens is 323 g/mol. The van der Waals surface area contributed by atoms with Gasteiger partial charge >= 0.3 is 0 Å². The van der Waals surface area contributed by atoms with Crippen molar-refractivity contribution < 1.29 is 18.7 Å². The fraction of sp³-hybridized carbons (Fsp3) is 0.263. The second-order valence-corrected chi connectivity index (χ2v) is 5.81. The van der Waals surface area contributed by atoms with Crippen molar-refractivity contribution in [3.05, 3.63) is 59.9 Å². The first-order chi connectivity index (χ1) is 12.1. The molecule has 2 amide bonds. The average Bonchev–Trinajstić information content (AvgIpc) is 3.04. The second-order valence-electron chi connectivity index (χ2n) is 5.81. The van der Waals surface area contributed by atoms with Crippen molar-refractivity contribution in [2.45, 2.75) is 12.8 Å². The number of carbonyl (C=O) groups is 2. The number of hydrogen-bond acceptors (Lipinski definition) is 3. The minimum absolute atomic E-state index is 0.0138. The van der Waals surface area contributed by atoms with E-state index in [2.05, 4.69) is 0 Å². The zero-order valence-corrected chi connectivity index (χ0v) is 13.9. The number of hydrogen-bond donors (Lipinski definition) is 0. The fourth-order valence-electron chi connectivity index (χ4n) is 2.88. The highest BCUT2D eigenvalue weighted by molar-refractivity contribution is 6.08. The maximum atomic E-state index is 13.3. The maximum absolute atomic E-state index is 13.3. The van der Waals surface area contributed by atoms with Gasteiger partial charge in [0.15, 0.2) is 0 Å². The van der Waals surface area contributed by atoms with Crippen molar-refractivity contribution in [3.63, 3.8) is 0 Å². The standard InChI is InChI=1S/C19H19FN2O3/c1-25-17-6-3-2-5-16(17)19(24)22(13-21-12-4-7-18(21)23)15-10-8-14(20)9-11-15/h2-3,5-6,8-11H,4,7,12-13H2,1H3. The summed E-state index contributed by atoms with van der Waals surface area (Å²) in [4.78, 5) is 28.2. The fourth-order valence-corrected chi connectivity index (χ4v) is 2.88.